The van der Waals surface area contributed by atoms with Crippen molar-refractivity contribution >= 4 is 21.6 Å². The van der Waals surface area contributed by atoms with Gasteiger partial charge < -0.3 is 15.2 Å². The van der Waals surface area contributed by atoms with E-state index in [9.17, 15) is 4.39 Å². The molecule has 0 spiro atoms. The predicted molar refractivity (Wildman–Crippen MR) is 72.2 cm³/mol. The highest BCUT2D eigenvalue weighted by molar-refractivity contribution is 9.10. The average Bonchev–Trinajstić information content (AvgIpc) is 2.62. The van der Waals surface area contributed by atoms with Crippen molar-refractivity contribution in [2.24, 2.45) is 0 Å². The molecule has 1 aromatic rings. The van der Waals surface area contributed by atoms with Gasteiger partial charge in [-0.2, -0.15) is 0 Å². The van der Waals surface area contributed by atoms with Gasteiger partial charge in [0.25, 0.3) is 0 Å². The van der Waals surface area contributed by atoms with Gasteiger partial charge in [-0.05, 0) is 48.7 Å². The number of ether oxygens (including phenoxy) is 2. The van der Waals surface area contributed by atoms with Crippen molar-refractivity contribution < 1.29 is 13.9 Å². The Morgan fingerprint density at radius 2 is 2.28 bits per heavy atom. The smallest absolute Gasteiger partial charge is 0.145 e. The number of nitrogen functional groups attached to an aromatic ring is 1. The number of hydrogen-bond acceptors (Lipinski definition) is 3. The quantitative estimate of drug-likeness (QED) is 0.868. The summed E-state index contributed by atoms with van der Waals surface area (Å²) < 4.78 is 25.0. The van der Waals surface area contributed by atoms with E-state index in [1.807, 2.05) is 0 Å². The Kier molecular flexibility index (Phi) is 3.82. The molecule has 1 fully saturated rings. The Morgan fingerprint density at radius 1 is 1.56 bits per heavy atom. The van der Waals surface area contributed by atoms with Crippen molar-refractivity contribution in [1.29, 1.82) is 0 Å². The molecule has 18 heavy (non-hydrogen) atoms. The topological polar surface area (TPSA) is 44.5 Å². The third kappa shape index (κ3) is 3.14. The van der Waals surface area contributed by atoms with E-state index in [1.165, 1.54) is 12.1 Å². The number of nitrogens with two attached hydrogens (primary N) is 1. The maximum absolute atomic E-state index is 13.4. The largest absolute Gasteiger partial charge is 0.489 e. The first-order valence-corrected chi connectivity index (χ1v) is 6.72. The average molecular weight is 318 g/mol. The van der Waals surface area contributed by atoms with Gasteiger partial charge in [-0.1, -0.05) is 0 Å². The van der Waals surface area contributed by atoms with Gasteiger partial charge in [0.15, 0.2) is 0 Å². The molecular formula is C13H17BrFNO2. The second kappa shape index (κ2) is 5.05. The van der Waals surface area contributed by atoms with E-state index in [-0.39, 0.29) is 17.5 Å². The van der Waals surface area contributed by atoms with Crippen molar-refractivity contribution in [1.82, 2.24) is 0 Å². The summed E-state index contributed by atoms with van der Waals surface area (Å²) in [4.78, 5) is 0. The first kappa shape index (κ1) is 13.6. The Hall–Kier alpha value is -0.810. The predicted octanol–water partition coefficient (Wildman–Crippen LogP) is 3.51. The molecule has 0 aromatic heterocycles. The second-order valence-corrected chi connectivity index (χ2v) is 6.01. The first-order valence-electron chi connectivity index (χ1n) is 5.92. The van der Waals surface area contributed by atoms with Gasteiger partial charge in [-0.25, -0.2) is 4.39 Å². The third-order valence-corrected chi connectivity index (χ3v) is 3.64. The molecule has 0 radical (unpaired) electrons. The number of benzene rings is 1. The molecule has 2 rings (SSSR count). The summed E-state index contributed by atoms with van der Waals surface area (Å²) in [5.41, 5.74) is 6.09. The molecule has 1 saturated heterocycles. The summed E-state index contributed by atoms with van der Waals surface area (Å²) in [5, 5.41) is 0. The molecule has 5 heteroatoms. The number of hydrogen-bond donors (Lipinski definition) is 1. The molecule has 1 heterocycles. The third-order valence-electron chi connectivity index (χ3n) is 3.03. The fourth-order valence-corrected chi connectivity index (χ4v) is 2.41. The zero-order valence-electron chi connectivity index (χ0n) is 10.5. The molecule has 1 aliphatic rings. The Balaban J connectivity index is 1.97. The second-order valence-electron chi connectivity index (χ2n) is 5.15. The Morgan fingerprint density at radius 3 is 2.89 bits per heavy atom. The van der Waals surface area contributed by atoms with Gasteiger partial charge in [-0.3, -0.25) is 0 Å². The molecule has 1 aromatic carbocycles. The SMILES string of the molecule is CC1(C)CCC(COc2cc(F)c(Br)cc2N)O1. The van der Waals surface area contributed by atoms with Crippen LogP contribution in [0.1, 0.15) is 26.7 Å². The summed E-state index contributed by atoms with van der Waals surface area (Å²) >= 11 is 3.08. The summed E-state index contributed by atoms with van der Waals surface area (Å²) in [6, 6.07) is 2.80. The van der Waals surface area contributed by atoms with Gasteiger partial charge in [0.05, 0.1) is 21.9 Å². The highest BCUT2D eigenvalue weighted by Crippen LogP contribution is 2.32. The summed E-state index contributed by atoms with van der Waals surface area (Å²) in [7, 11) is 0. The van der Waals surface area contributed by atoms with Crippen LogP contribution in [-0.2, 0) is 4.74 Å². The Labute approximate surface area is 115 Å². The van der Waals surface area contributed by atoms with Gasteiger partial charge >= 0.3 is 0 Å². The molecule has 0 amide bonds. The standard InChI is InChI=1S/C13H17BrFNO2/c1-13(2)4-3-8(18-13)7-17-12-6-10(15)9(14)5-11(12)16/h5-6,8H,3-4,7,16H2,1-2H3. The molecule has 1 aliphatic heterocycles. The van der Waals surface area contributed by atoms with Crippen LogP contribution in [0.5, 0.6) is 5.75 Å². The Bertz CT molecular complexity index is 451. The van der Waals surface area contributed by atoms with Crippen LogP contribution < -0.4 is 10.5 Å². The highest BCUT2D eigenvalue weighted by atomic mass is 79.9. The van der Waals surface area contributed by atoms with Gasteiger partial charge in [0, 0.05) is 6.07 Å². The lowest BCUT2D eigenvalue weighted by Crippen LogP contribution is -2.24. The normalized spacial score (nSPS) is 22.1. The zero-order valence-corrected chi connectivity index (χ0v) is 12.1. The van der Waals surface area contributed by atoms with Gasteiger partial charge in [0.1, 0.15) is 18.2 Å². The zero-order chi connectivity index (χ0) is 13.3. The van der Waals surface area contributed by atoms with Crippen LogP contribution in [0.4, 0.5) is 10.1 Å². The lowest BCUT2D eigenvalue weighted by Gasteiger charge is -2.19. The highest BCUT2D eigenvalue weighted by Gasteiger charge is 2.32. The maximum Gasteiger partial charge on any atom is 0.145 e. The van der Waals surface area contributed by atoms with E-state index in [0.29, 0.717) is 22.5 Å². The van der Waals surface area contributed by atoms with Crippen molar-refractivity contribution in [3.05, 3.63) is 22.4 Å². The molecule has 1 atom stereocenters. The molecule has 0 aliphatic carbocycles. The molecule has 2 N–H and O–H groups in total. The number of halogens is 2. The molecule has 100 valence electrons. The van der Waals surface area contributed by atoms with Crippen molar-refractivity contribution in [2.75, 3.05) is 12.3 Å². The van der Waals surface area contributed by atoms with Crippen LogP contribution in [0.15, 0.2) is 16.6 Å². The first-order chi connectivity index (χ1) is 8.37. The summed E-state index contributed by atoms with van der Waals surface area (Å²) in [6.07, 6.45) is 2.00. The van der Waals surface area contributed by atoms with Gasteiger partial charge in [0.2, 0.25) is 0 Å². The molecule has 0 saturated carbocycles. The minimum atomic E-state index is -0.383. The lowest BCUT2D eigenvalue weighted by atomic mass is 10.1. The fourth-order valence-electron chi connectivity index (χ4n) is 2.05. The van der Waals surface area contributed by atoms with Gasteiger partial charge in [-0.15, -0.1) is 0 Å². The van der Waals surface area contributed by atoms with Crippen LogP contribution in [0, 0.1) is 5.82 Å². The minimum absolute atomic E-state index is 0.0473. The fraction of sp³-hybridized carbons (Fsp3) is 0.538. The molecule has 1 unspecified atom stereocenters. The van der Waals surface area contributed by atoms with E-state index in [0.717, 1.165) is 12.8 Å². The lowest BCUT2D eigenvalue weighted by molar-refractivity contribution is -0.0325. The van der Waals surface area contributed by atoms with E-state index >= 15 is 0 Å². The van der Waals surface area contributed by atoms with Crippen molar-refractivity contribution in [3.63, 3.8) is 0 Å². The van der Waals surface area contributed by atoms with E-state index < -0.39 is 0 Å². The van der Waals surface area contributed by atoms with Crippen molar-refractivity contribution in [3.8, 4) is 5.75 Å². The summed E-state index contributed by atoms with van der Waals surface area (Å²) in [5.74, 6) is -0.0177. The summed E-state index contributed by atoms with van der Waals surface area (Å²) in [6.45, 7) is 4.51. The molecule has 0 bridgehead atoms. The van der Waals surface area contributed by atoms with E-state index in [4.69, 9.17) is 15.2 Å². The number of anilines is 1. The monoisotopic (exact) mass is 317 g/mol. The van der Waals surface area contributed by atoms with Crippen molar-refractivity contribution in [2.45, 2.75) is 38.4 Å². The van der Waals surface area contributed by atoms with Crippen LogP contribution >= 0.6 is 15.9 Å². The van der Waals surface area contributed by atoms with Crippen LogP contribution in [0.3, 0.4) is 0 Å². The van der Waals surface area contributed by atoms with E-state index in [2.05, 4.69) is 29.8 Å². The molecular weight excluding hydrogens is 301 g/mol. The number of rotatable bonds is 3. The van der Waals surface area contributed by atoms with E-state index in [1.54, 1.807) is 0 Å². The van der Waals surface area contributed by atoms with Crippen LogP contribution in [0.2, 0.25) is 0 Å². The minimum Gasteiger partial charge on any atom is -0.489 e. The maximum atomic E-state index is 13.4. The van der Waals surface area contributed by atoms with Crippen LogP contribution in [0.25, 0.3) is 0 Å². The molecule has 3 nitrogen and oxygen atoms in total. The van der Waals surface area contributed by atoms with Crippen LogP contribution in [-0.4, -0.2) is 18.3 Å².